The summed E-state index contributed by atoms with van der Waals surface area (Å²) >= 11 is 1.51. The minimum absolute atomic E-state index is 0.129. The van der Waals surface area contributed by atoms with Crippen LogP contribution in [0.5, 0.6) is 0 Å². The van der Waals surface area contributed by atoms with Crippen LogP contribution in [0.4, 0.5) is 0 Å². The molecule has 0 N–H and O–H groups in total. The summed E-state index contributed by atoms with van der Waals surface area (Å²) in [4.78, 5) is 13.0. The molecule has 0 aliphatic heterocycles. The van der Waals surface area contributed by atoms with Crippen molar-refractivity contribution in [1.82, 2.24) is 19.3 Å². The zero-order valence-electron chi connectivity index (χ0n) is 17.4. The van der Waals surface area contributed by atoms with Gasteiger partial charge in [0.15, 0.2) is 10.9 Å². The predicted molar refractivity (Wildman–Crippen MR) is 114 cm³/mol. The Hall–Kier alpha value is -2.28. The van der Waals surface area contributed by atoms with Crippen LogP contribution in [0.2, 0.25) is 0 Å². The average molecular weight is 413 g/mol. The molecule has 1 fully saturated rings. The van der Waals surface area contributed by atoms with Crippen LogP contribution in [0, 0.1) is 20.8 Å². The predicted octanol–water partition coefficient (Wildman–Crippen LogP) is 5.13. The van der Waals surface area contributed by atoms with Gasteiger partial charge in [-0.1, -0.05) is 31.0 Å². The minimum atomic E-state index is 0.129. The van der Waals surface area contributed by atoms with Gasteiger partial charge >= 0.3 is 0 Å². The lowest BCUT2D eigenvalue weighted by Gasteiger charge is -2.24. The van der Waals surface area contributed by atoms with Gasteiger partial charge in [0.05, 0.1) is 18.6 Å². The number of aromatic nitrogens is 4. The molecule has 1 aliphatic rings. The molecule has 3 aromatic rings. The maximum atomic E-state index is 13.0. The van der Waals surface area contributed by atoms with E-state index >= 15 is 0 Å². The van der Waals surface area contributed by atoms with Crippen LogP contribution in [0.1, 0.15) is 71.5 Å². The highest BCUT2D eigenvalue weighted by Gasteiger charge is 2.23. The van der Waals surface area contributed by atoms with Crippen LogP contribution in [0.3, 0.4) is 0 Å². The van der Waals surface area contributed by atoms with E-state index in [1.807, 2.05) is 39.0 Å². The van der Waals surface area contributed by atoms with Gasteiger partial charge in [0.1, 0.15) is 11.6 Å². The number of Topliss-reactive ketones (excluding diaryl/α,β-unsaturated/α-hetero) is 1. The summed E-state index contributed by atoms with van der Waals surface area (Å²) in [6.45, 7) is 6.68. The molecule has 0 aromatic carbocycles. The molecule has 4 rings (SSSR count). The van der Waals surface area contributed by atoms with Gasteiger partial charge in [-0.3, -0.25) is 4.79 Å². The molecular weight excluding hydrogens is 384 g/mol. The van der Waals surface area contributed by atoms with E-state index in [0.29, 0.717) is 18.3 Å². The molecular formula is C22H28N4O2S. The Kier molecular flexibility index (Phi) is 5.94. The minimum Gasteiger partial charge on any atom is -0.467 e. The van der Waals surface area contributed by atoms with Gasteiger partial charge in [0.25, 0.3) is 0 Å². The maximum absolute atomic E-state index is 13.0. The summed E-state index contributed by atoms with van der Waals surface area (Å²) in [5.74, 6) is 2.33. The summed E-state index contributed by atoms with van der Waals surface area (Å²) in [7, 11) is 0. The van der Waals surface area contributed by atoms with Gasteiger partial charge < -0.3 is 13.6 Å². The van der Waals surface area contributed by atoms with Gasteiger partial charge in [-0.25, -0.2) is 0 Å². The summed E-state index contributed by atoms with van der Waals surface area (Å²) in [6.07, 6.45) is 7.85. The fraction of sp³-hybridized carbons (Fsp3) is 0.500. The quantitative estimate of drug-likeness (QED) is 0.398. The van der Waals surface area contributed by atoms with Gasteiger partial charge in [-0.05, 0) is 51.8 Å². The van der Waals surface area contributed by atoms with Crippen molar-refractivity contribution in [1.29, 1.82) is 0 Å². The summed E-state index contributed by atoms with van der Waals surface area (Å²) < 4.78 is 9.85. The van der Waals surface area contributed by atoms with Crippen LogP contribution in [0.25, 0.3) is 0 Å². The molecule has 154 valence electrons. The molecule has 3 heterocycles. The Labute approximate surface area is 175 Å². The van der Waals surface area contributed by atoms with Crippen molar-refractivity contribution in [2.24, 2.45) is 0 Å². The average Bonchev–Trinajstić information content (AvgIpc) is 3.43. The van der Waals surface area contributed by atoms with E-state index < -0.39 is 0 Å². The Bertz CT molecular complexity index is 981. The summed E-state index contributed by atoms with van der Waals surface area (Å²) in [5.41, 5.74) is 2.82. The smallest absolute Gasteiger partial charge is 0.191 e. The van der Waals surface area contributed by atoms with Gasteiger partial charge in [0, 0.05) is 23.0 Å². The lowest BCUT2D eigenvalue weighted by Crippen LogP contribution is -2.15. The highest BCUT2D eigenvalue weighted by Crippen LogP contribution is 2.32. The van der Waals surface area contributed by atoms with Crippen LogP contribution in [-0.4, -0.2) is 30.9 Å². The van der Waals surface area contributed by atoms with Crippen molar-refractivity contribution in [3.8, 4) is 0 Å². The van der Waals surface area contributed by atoms with Crippen molar-refractivity contribution in [2.45, 2.75) is 70.6 Å². The topological polar surface area (TPSA) is 65.8 Å². The van der Waals surface area contributed by atoms with Crippen molar-refractivity contribution < 1.29 is 9.21 Å². The van der Waals surface area contributed by atoms with E-state index in [1.165, 1.54) is 43.9 Å². The van der Waals surface area contributed by atoms with Crippen LogP contribution in [0.15, 0.2) is 34.0 Å². The first-order chi connectivity index (χ1) is 14.0. The lowest BCUT2D eigenvalue weighted by molar-refractivity contribution is 0.102. The third-order valence-corrected chi connectivity index (χ3v) is 6.82. The Balaban J connectivity index is 1.47. The van der Waals surface area contributed by atoms with E-state index in [9.17, 15) is 4.79 Å². The number of furan rings is 1. The standard InChI is InChI=1S/C22H28N4O2S/c1-15-12-20(16(2)25(15)13-19-10-7-11-28-19)21(27)14-29-22-24-23-17(3)26(22)18-8-5-4-6-9-18/h7,10-12,18H,4-6,8-9,13-14H2,1-3H3. The van der Waals surface area contributed by atoms with Gasteiger partial charge in [-0.15, -0.1) is 10.2 Å². The molecule has 0 saturated heterocycles. The first kappa shape index (κ1) is 20.0. The third kappa shape index (κ3) is 4.20. The fourth-order valence-corrected chi connectivity index (χ4v) is 5.24. The molecule has 0 atom stereocenters. The zero-order valence-corrected chi connectivity index (χ0v) is 18.2. The fourth-order valence-electron chi connectivity index (χ4n) is 4.30. The van der Waals surface area contributed by atoms with Gasteiger partial charge in [0.2, 0.25) is 0 Å². The number of hydrogen-bond donors (Lipinski definition) is 0. The molecule has 29 heavy (non-hydrogen) atoms. The van der Waals surface area contributed by atoms with E-state index in [2.05, 4.69) is 19.3 Å². The Morgan fingerprint density at radius 3 is 2.72 bits per heavy atom. The number of carbonyl (C=O) groups excluding carboxylic acids is 1. The second-order valence-electron chi connectivity index (χ2n) is 7.85. The molecule has 3 aromatic heterocycles. The largest absolute Gasteiger partial charge is 0.467 e. The van der Waals surface area contributed by atoms with Crippen molar-refractivity contribution in [2.75, 3.05) is 5.75 Å². The zero-order chi connectivity index (χ0) is 20.4. The number of thioether (sulfide) groups is 1. The van der Waals surface area contributed by atoms with Crippen LogP contribution < -0.4 is 0 Å². The first-order valence-corrected chi connectivity index (χ1v) is 11.3. The Morgan fingerprint density at radius 1 is 1.21 bits per heavy atom. The molecule has 0 spiro atoms. The Morgan fingerprint density at radius 2 is 2.00 bits per heavy atom. The summed E-state index contributed by atoms with van der Waals surface area (Å²) in [5, 5.41) is 9.51. The first-order valence-electron chi connectivity index (χ1n) is 10.3. The highest BCUT2D eigenvalue weighted by molar-refractivity contribution is 7.99. The van der Waals surface area contributed by atoms with Crippen molar-refractivity contribution >= 4 is 17.5 Å². The van der Waals surface area contributed by atoms with Crippen LogP contribution >= 0.6 is 11.8 Å². The number of ketones is 1. The molecule has 0 bridgehead atoms. The number of rotatable bonds is 7. The number of hydrogen-bond acceptors (Lipinski definition) is 5. The second kappa shape index (κ2) is 8.61. The van der Waals surface area contributed by atoms with E-state index in [0.717, 1.165) is 33.7 Å². The monoisotopic (exact) mass is 412 g/mol. The number of nitrogens with zero attached hydrogens (tertiary/aromatic N) is 4. The normalized spacial score (nSPS) is 15.1. The molecule has 1 saturated carbocycles. The number of aryl methyl sites for hydroxylation is 2. The van der Waals surface area contributed by atoms with E-state index in [-0.39, 0.29) is 5.78 Å². The number of carbonyl (C=O) groups is 1. The van der Waals surface area contributed by atoms with E-state index in [4.69, 9.17) is 4.42 Å². The molecule has 0 radical (unpaired) electrons. The molecule has 7 heteroatoms. The second-order valence-corrected chi connectivity index (χ2v) is 8.80. The molecule has 0 unspecified atom stereocenters. The van der Waals surface area contributed by atoms with Crippen molar-refractivity contribution in [3.63, 3.8) is 0 Å². The molecule has 1 aliphatic carbocycles. The van der Waals surface area contributed by atoms with Gasteiger partial charge in [-0.2, -0.15) is 0 Å². The lowest BCUT2D eigenvalue weighted by atomic mass is 9.95. The van der Waals surface area contributed by atoms with E-state index in [1.54, 1.807) is 6.26 Å². The SMILES string of the molecule is Cc1cc(C(=O)CSc2nnc(C)n2C2CCCCC2)c(C)n1Cc1ccco1. The maximum Gasteiger partial charge on any atom is 0.191 e. The van der Waals surface area contributed by atoms with Crippen LogP contribution in [-0.2, 0) is 6.54 Å². The van der Waals surface area contributed by atoms with Crippen molar-refractivity contribution in [3.05, 3.63) is 53.0 Å². The molecule has 6 nitrogen and oxygen atoms in total. The summed E-state index contributed by atoms with van der Waals surface area (Å²) in [6, 6.07) is 6.29. The highest BCUT2D eigenvalue weighted by atomic mass is 32.2. The third-order valence-electron chi connectivity index (χ3n) is 5.88. The molecule has 0 amide bonds.